The second kappa shape index (κ2) is 8.16. The van der Waals surface area contributed by atoms with Crippen molar-refractivity contribution in [1.82, 2.24) is 5.32 Å². The van der Waals surface area contributed by atoms with Crippen molar-refractivity contribution in [3.8, 4) is 0 Å². The largest absolute Gasteiger partial charge is 0.405 e. The highest BCUT2D eigenvalue weighted by atomic mass is 28.4. The van der Waals surface area contributed by atoms with Gasteiger partial charge in [-0.15, -0.1) is 0 Å². The molecule has 3 rings (SSSR count). The molecular formula is C25H41NO3Si. The fourth-order valence-corrected chi connectivity index (χ4v) is 7.67. The van der Waals surface area contributed by atoms with Crippen LogP contribution < -0.4 is 5.32 Å². The predicted octanol–water partition coefficient (Wildman–Crippen LogP) is 4.57. The van der Waals surface area contributed by atoms with Crippen molar-refractivity contribution in [3.05, 3.63) is 35.9 Å². The van der Waals surface area contributed by atoms with Crippen LogP contribution in [0.1, 0.15) is 52.0 Å². The van der Waals surface area contributed by atoms with E-state index in [-0.39, 0.29) is 29.1 Å². The average molecular weight is 432 g/mol. The van der Waals surface area contributed by atoms with Crippen LogP contribution in [-0.4, -0.2) is 44.0 Å². The van der Waals surface area contributed by atoms with Gasteiger partial charge in [-0.1, -0.05) is 51.1 Å². The summed E-state index contributed by atoms with van der Waals surface area (Å²) in [6.07, 6.45) is 3.09. The van der Waals surface area contributed by atoms with Crippen molar-refractivity contribution in [2.45, 2.75) is 90.3 Å². The first kappa shape index (κ1) is 23.6. The van der Waals surface area contributed by atoms with Gasteiger partial charge < -0.3 is 14.8 Å². The Hall–Kier alpha value is -1.01. The van der Waals surface area contributed by atoms with Gasteiger partial charge >= 0.3 is 0 Å². The molecule has 0 saturated heterocycles. The van der Waals surface area contributed by atoms with Gasteiger partial charge in [0.15, 0.2) is 14.1 Å². The standard InChI is InChI=1S/C25H41NO3Si/c1-23(2)19-13-14-24(23,3)25(17-19,29-30(5,6)7)22(28)16-21(27)20(26-4)15-18-11-9-8-10-12-18/h8-12,19-21,26-27H,13-17H2,1-7H3/t19-,20+,21-,24-,25+/m1/s1. The zero-order chi connectivity index (χ0) is 22.4. The fraction of sp³-hybridized carbons (Fsp3) is 0.720. The Balaban J connectivity index is 1.84. The summed E-state index contributed by atoms with van der Waals surface area (Å²) >= 11 is 0. The first-order valence-corrected chi connectivity index (χ1v) is 14.9. The number of rotatable bonds is 9. The zero-order valence-corrected chi connectivity index (χ0v) is 20.9. The lowest BCUT2D eigenvalue weighted by atomic mass is 9.62. The van der Waals surface area contributed by atoms with E-state index < -0.39 is 20.0 Å². The molecule has 2 fully saturated rings. The lowest BCUT2D eigenvalue weighted by molar-refractivity contribution is -0.153. The number of Topliss-reactive ketones (excluding diaryl/α,β-unsaturated/α-hetero) is 1. The Kier molecular flexibility index (Phi) is 6.43. The van der Waals surface area contributed by atoms with Gasteiger partial charge in [-0.05, 0) is 69.3 Å². The molecule has 2 bridgehead atoms. The summed E-state index contributed by atoms with van der Waals surface area (Å²) in [5.74, 6) is 0.605. The molecule has 0 unspecified atom stereocenters. The van der Waals surface area contributed by atoms with Crippen molar-refractivity contribution >= 4 is 14.1 Å². The average Bonchev–Trinajstić information content (AvgIpc) is 2.98. The molecule has 5 atom stereocenters. The summed E-state index contributed by atoms with van der Waals surface area (Å²) in [6, 6.07) is 9.97. The van der Waals surface area contributed by atoms with Gasteiger partial charge in [-0.2, -0.15) is 0 Å². The van der Waals surface area contributed by atoms with Gasteiger partial charge in [0.05, 0.1) is 6.10 Å². The molecule has 0 aromatic heterocycles. The first-order chi connectivity index (χ1) is 13.9. The lowest BCUT2D eigenvalue weighted by Crippen LogP contribution is -2.59. The highest BCUT2D eigenvalue weighted by molar-refractivity contribution is 6.70. The number of ketones is 1. The van der Waals surface area contributed by atoms with Gasteiger partial charge in [-0.25, -0.2) is 0 Å². The number of aliphatic hydroxyl groups is 1. The number of hydrogen-bond donors (Lipinski definition) is 2. The van der Waals surface area contributed by atoms with Crippen LogP contribution >= 0.6 is 0 Å². The molecule has 4 nitrogen and oxygen atoms in total. The van der Waals surface area contributed by atoms with Crippen LogP contribution in [0.4, 0.5) is 0 Å². The number of fused-ring (bicyclic) bond motifs is 2. The van der Waals surface area contributed by atoms with E-state index in [1.54, 1.807) is 0 Å². The van der Waals surface area contributed by atoms with Gasteiger partial charge in [0.1, 0.15) is 5.60 Å². The molecule has 0 radical (unpaired) electrons. The van der Waals surface area contributed by atoms with Crippen LogP contribution in [0.25, 0.3) is 0 Å². The Morgan fingerprint density at radius 2 is 1.87 bits per heavy atom. The third-order valence-corrected chi connectivity index (χ3v) is 9.28. The first-order valence-electron chi connectivity index (χ1n) is 11.5. The van der Waals surface area contributed by atoms with E-state index in [4.69, 9.17) is 4.43 Å². The maximum absolute atomic E-state index is 13.9. The quantitative estimate of drug-likeness (QED) is 0.562. The van der Waals surface area contributed by atoms with Crippen LogP contribution in [0.2, 0.25) is 19.6 Å². The van der Waals surface area contributed by atoms with Crippen molar-refractivity contribution in [3.63, 3.8) is 0 Å². The molecular weight excluding hydrogens is 390 g/mol. The molecule has 2 saturated carbocycles. The van der Waals surface area contributed by atoms with Crippen molar-refractivity contribution in [2.75, 3.05) is 7.05 Å². The highest BCUT2D eigenvalue weighted by Gasteiger charge is 2.72. The number of hydrogen-bond acceptors (Lipinski definition) is 4. The smallest absolute Gasteiger partial charge is 0.185 e. The minimum absolute atomic E-state index is 0.0692. The topological polar surface area (TPSA) is 58.6 Å². The normalized spacial score (nSPS) is 32.2. The number of aliphatic hydroxyl groups excluding tert-OH is 1. The van der Waals surface area contributed by atoms with Gasteiger partial charge in [-0.3, -0.25) is 4.79 Å². The third-order valence-electron chi connectivity index (χ3n) is 8.32. The summed E-state index contributed by atoms with van der Waals surface area (Å²) in [6.45, 7) is 13.4. The van der Waals surface area contributed by atoms with Crippen LogP contribution in [0, 0.1) is 16.7 Å². The summed E-state index contributed by atoms with van der Waals surface area (Å²) in [7, 11) is -0.111. The maximum atomic E-state index is 13.9. The number of likely N-dealkylation sites (N-methyl/N-ethyl adjacent to an activating group) is 1. The third kappa shape index (κ3) is 3.94. The fourth-order valence-electron chi connectivity index (χ4n) is 6.20. The van der Waals surface area contributed by atoms with E-state index in [1.807, 2.05) is 25.2 Å². The van der Waals surface area contributed by atoms with Crippen molar-refractivity contribution in [2.24, 2.45) is 16.7 Å². The number of carbonyl (C=O) groups is 1. The molecule has 2 aliphatic carbocycles. The van der Waals surface area contributed by atoms with E-state index in [9.17, 15) is 9.90 Å². The molecule has 30 heavy (non-hydrogen) atoms. The van der Waals surface area contributed by atoms with Crippen LogP contribution in [0.3, 0.4) is 0 Å². The van der Waals surface area contributed by atoms with Crippen LogP contribution in [0.5, 0.6) is 0 Å². The Labute approximate surface area is 183 Å². The van der Waals surface area contributed by atoms with Crippen molar-refractivity contribution < 1.29 is 14.3 Å². The molecule has 0 spiro atoms. The van der Waals surface area contributed by atoms with E-state index in [1.165, 1.54) is 6.42 Å². The molecule has 1 aromatic carbocycles. The Morgan fingerprint density at radius 1 is 1.23 bits per heavy atom. The number of benzene rings is 1. The summed E-state index contributed by atoms with van der Waals surface area (Å²) < 4.78 is 6.81. The monoisotopic (exact) mass is 431 g/mol. The second-order valence-electron chi connectivity index (χ2n) is 11.3. The van der Waals surface area contributed by atoms with Gasteiger partial charge in [0.25, 0.3) is 0 Å². The van der Waals surface area contributed by atoms with E-state index in [0.717, 1.165) is 18.4 Å². The molecule has 0 amide bonds. The van der Waals surface area contributed by atoms with E-state index in [0.29, 0.717) is 12.3 Å². The number of carbonyl (C=O) groups excluding carboxylic acids is 1. The highest BCUT2D eigenvalue weighted by Crippen LogP contribution is 2.71. The molecule has 2 aliphatic rings. The molecule has 0 aliphatic heterocycles. The molecule has 168 valence electrons. The number of nitrogens with one attached hydrogen (secondary N) is 1. The molecule has 2 N–H and O–H groups in total. The minimum atomic E-state index is -1.97. The summed E-state index contributed by atoms with van der Waals surface area (Å²) in [5, 5.41) is 14.3. The van der Waals surface area contributed by atoms with Crippen LogP contribution in [-0.2, 0) is 15.6 Å². The SMILES string of the molecule is CN[C@@H](Cc1ccccc1)[C@H](O)CC(=O)[C@@]1(O[Si](C)(C)C)C[C@H]2CC[C@]1(C)C2(C)C. The van der Waals surface area contributed by atoms with Gasteiger partial charge in [0, 0.05) is 17.9 Å². The van der Waals surface area contributed by atoms with E-state index in [2.05, 4.69) is 57.9 Å². The lowest BCUT2D eigenvalue weighted by Gasteiger charge is -2.50. The van der Waals surface area contributed by atoms with Crippen molar-refractivity contribution in [1.29, 1.82) is 0 Å². The van der Waals surface area contributed by atoms with Gasteiger partial charge in [0.2, 0.25) is 0 Å². The Bertz CT molecular complexity index is 759. The second-order valence-corrected chi connectivity index (χ2v) is 15.7. The molecule has 0 heterocycles. The minimum Gasteiger partial charge on any atom is -0.405 e. The summed E-state index contributed by atoms with van der Waals surface area (Å²) in [5.41, 5.74) is 0.274. The zero-order valence-electron chi connectivity index (χ0n) is 19.9. The Morgan fingerprint density at radius 3 is 2.33 bits per heavy atom. The van der Waals surface area contributed by atoms with E-state index >= 15 is 0 Å². The predicted molar refractivity (Wildman–Crippen MR) is 125 cm³/mol. The maximum Gasteiger partial charge on any atom is 0.185 e. The molecule has 5 heteroatoms. The van der Waals surface area contributed by atoms with Crippen LogP contribution in [0.15, 0.2) is 30.3 Å². The molecule has 1 aromatic rings. The summed E-state index contributed by atoms with van der Waals surface area (Å²) in [4.78, 5) is 13.9.